The third kappa shape index (κ3) is 1.98. The smallest absolute Gasteiger partial charge is 0.339 e. The van der Waals surface area contributed by atoms with E-state index in [0.29, 0.717) is 21.5 Å². The van der Waals surface area contributed by atoms with Gasteiger partial charge in [-0.1, -0.05) is 0 Å². The van der Waals surface area contributed by atoms with Gasteiger partial charge in [-0.25, -0.2) is 4.79 Å². The van der Waals surface area contributed by atoms with E-state index >= 15 is 0 Å². The molecule has 0 amide bonds. The van der Waals surface area contributed by atoms with Crippen molar-refractivity contribution < 1.29 is 14.3 Å². The summed E-state index contributed by atoms with van der Waals surface area (Å²) in [6.07, 6.45) is 0. The summed E-state index contributed by atoms with van der Waals surface area (Å²) < 4.78 is 10.2. The minimum Gasteiger partial charge on any atom is -0.495 e. The second kappa shape index (κ2) is 4.32. The number of halogens is 1. The number of hydrogen-bond acceptors (Lipinski definition) is 4. The largest absolute Gasteiger partial charge is 0.495 e. The summed E-state index contributed by atoms with van der Waals surface area (Å²) in [4.78, 5) is 11.3. The van der Waals surface area contributed by atoms with Crippen LogP contribution in [0, 0.1) is 0 Å². The first-order valence-corrected chi connectivity index (χ1v) is 4.60. The maximum Gasteiger partial charge on any atom is 0.339 e. The van der Waals surface area contributed by atoms with E-state index in [1.54, 1.807) is 6.07 Å². The Bertz CT molecular complexity index is 365. The number of benzene rings is 1. The van der Waals surface area contributed by atoms with Crippen molar-refractivity contribution in [2.45, 2.75) is 0 Å². The van der Waals surface area contributed by atoms with E-state index in [0.717, 1.165) is 0 Å². The number of esters is 1. The predicted octanol–water partition coefficient (Wildman–Crippen LogP) is 1.83. The van der Waals surface area contributed by atoms with E-state index in [9.17, 15) is 4.79 Å². The van der Waals surface area contributed by atoms with Gasteiger partial charge in [0.05, 0.1) is 25.5 Å². The van der Waals surface area contributed by atoms with Crippen molar-refractivity contribution in [1.82, 2.24) is 0 Å². The van der Waals surface area contributed by atoms with E-state index in [1.807, 2.05) is 0 Å². The Hall–Kier alpha value is -1.23. The minimum absolute atomic E-state index is 0.388. The molecule has 0 atom stereocenters. The average molecular weight is 260 g/mol. The van der Waals surface area contributed by atoms with Gasteiger partial charge in [0.1, 0.15) is 5.75 Å². The van der Waals surface area contributed by atoms with Gasteiger partial charge in [-0.15, -0.1) is 0 Å². The lowest BCUT2D eigenvalue weighted by Gasteiger charge is -2.08. The highest BCUT2D eigenvalue weighted by Crippen LogP contribution is 2.29. The Balaban J connectivity index is 3.24. The molecular formula is C9H10BrNO3. The molecule has 2 N–H and O–H groups in total. The van der Waals surface area contributed by atoms with Gasteiger partial charge in [-0.2, -0.15) is 0 Å². The highest BCUT2D eigenvalue weighted by molar-refractivity contribution is 9.10. The van der Waals surface area contributed by atoms with Crippen LogP contribution in [0.2, 0.25) is 0 Å². The zero-order valence-corrected chi connectivity index (χ0v) is 9.42. The van der Waals surface area contributed by atoms with Crippen molar-refractivity contribution >= 4 is 27.6 Å². The van der Waals surface area contributed by atoms with Crippen LogP contribution in [0.5, 0.6) is 5.75 Å². The lowest BCUT2D eigenvalue weighted by Crippen LogP contribution is -2.04. The normalized spacial score (nSPS) is 9.64. The molecule has 0 unspecified atom stereocenters. The van der Waals surface area contributed by atoms with Crippen molar-refractivity contribution in [2.24, 2.45) is 0 Å². The van der Waals surface area contributed by atoms with Crippen LogP contribution in [-0.2, 0) is 4.74 Å². The van der Waals surface area contributed by atoms with Crippen LogP contribution < -0.4 is 10.5 Å². The summed E-state index contributed by atoms with van der Waals surface area (Å²) in [7, 11) is 2.80. The van der Waals surface area contributed by atoms with E-state index in [2.05, 4.69) is 20.7 Å². The number of anilines is 1. The number of rotatable bonds is 2. The first-order chi connectivity index (χ1) is 6.60. The lowest BCUT2D eigenvalue weighted by molar-refractivity contribution is 0.0599. The molecule has 4 nitrogen and oxygen atoms in total. The van der Waals surface area contributed by atoms with Crippen LogP contribution in [0.3, 0.4) is 0 Å². The first kappa shape index (κ1) is 10.8. The summed E-state index contributed by atoms with van der Waals surface area (Å²) in [5.74, 6) is 0.0174. The molecule has 0 aliphatic carbocycles. The number of carbonyl (C=O) groups is 1. The number of hydrogen-bond donors (Lipinski definition) is 1. The van der Waals surface area contributed by atoms with Crippen molar-refractivity contribution in [3.63, 3.8) is 0 Å². The third-order valence-corrected chi connectivity index (χ3v) is 2.38. The van der Waals surface area contributed by atoms with E-state index in [-0.39, 0.29) is 0 Å². The van der Waals surface area contributed by atoms with Gasteiger partial charge in [-0.3, -0.25) is 0 Å². The molecule has 0 aliphatic heterocycles. The fraction of sp³-hybridized carbons (Fsp3) is 0.222. The van der Waals surface area contributed by atoms with Crippen LogP contribution in [-0.4, -0.2) is 20.2 Å². The fourth-order valence-corrected chi connectivity index (χ4v) is 1.53. The van der Waals surface area contributed by atoms with Gasteiger partial charge in [0.2, 0.25) is 0 Å². The van der Waals surface area contributed by atoms with Crippen LogP contribution in [0.1, 0.15) is 10.4 Å². The zero-order chi connectivity index (χ0) is 10.7. The molecule has 1 rings (SSSR count). The molecule has 0 saturated carbocycles. The van der Waals surface area contributed by atoms with Crippen LogP contribution in [0.4, 0.5) is 5.69 Å². The number of nitrogens with two attached hydrogens (primary N) is 1. The van der Waals surface area contributed by atoms with Crippen LogP contribution in [0.15, 0.2) is 16.6 Å². The number of ether oxygens (including phenoxy) is 2. The van der Waals surface area contributed by atoms with Gasteiger partial charge in [0.25, 0.3) is 0 Å². The van der Waals surface area contributed by atoms with E-state index in [1.165, 1.54) is 20.3 Å². The summed E-state index contributed by atoms with van der Waals surface area (Å²) in [5.41, 5.74) is 6.49. The highest BCUT2D eigenvalue weighted by atomic mass is 79.9. The Morgan fingerprint density at radius 1 is 1.43 bits per heavy atom. The monoisotopic (exact) mass is 259 g/mol. The molecule has 5 heteroatoms. The molecule has 0 aromatic heterocycles. The Morgan fingerprint density at radius 3 is 2.57 bits per heavy atom. The second-order valence-electron chi connectivity index (χ2n) is 2.57. The van der Waals surface area contributed by atoms with Gasteiger partial charge in [0.15, 0.2) is 0 Å². The number of methoxy groups -OCH3 is 2. The van der Waals surface area contributed by atoms with Gasteiger partial charge < -0.3 is 15.2 Å². The average Bonchev–Trinajstić information content (AvgIpc) is 2.17. The van der Waals surface area contributed by atoms with Crippen LogP contribution >= 0.6 is 15.9 Å². The van der Waals surface area contributed by atoms with Gasteiger partial charge >= 0.3 is 5.97 Å². The molecule has 1 aromatic carbocycles. The summed E-state index contributed by atoms with van der Waals surface area (Å²) >= 11 is 3.22. The second-order valence-corrected chi connectivity index (χ2v) is 3.42. The quantitative estimate of drug-likeness (QED) is 0.650. The zero-order valence-electron chi connectivity index (χ0n) is 7.83. The molecule has 1 aromatic rings. The molecule has 0 fully saturated rings. The number of nitrogen functional groups attached to an aromatic ring is 1. The summed E-state index contributed by atoms with van der Waals surface area (Å²) in [6, 6.07) is 3.14. The SMILES string of the molecule is COC(=O)c1cc(OC)c(N)cc1Br. The van der Waals surface area contributed by atoms with Gasteiger partial charge in [0, 0.05) is 4.47 Å². The summed E-state index contributed by atoms with van der Waals surface area (Å²) in [5, 5.41) is 0. The molecule has 0 radical (unpaired) electrons. The minimum atomic E-state index is -0.435. The molecule has 14 heavy (non-hydrogen) atoms. The molecule has 76 valence electrons. The third-order valence-electron chi connectivity index (χ3n) is 1.72. The van der Waals surface area contributed by atoms with E-state index < -0.39 is 5.97 Å². The van der Waals surface area contributed by atoms with Crippen LogP contribution in [0.25, 0.3) is 0 Å². The van der Waals surface area contributed by atoms with Crippen molar-refractivity contribution in [2.75, 3.05) is 20.0 Å². The van der Waals surface area contributed by atoms with Crippen molar-refractivity contribution in [1.29, 1.82) is 0 Å². The molecule has 0 spiro atoms. The lowest BCUT2D eigenvalue weighted by atomic mass is 10.2. The highest BCUT2D eigenvalue weighted by Gasteiger charge is 2.13. The maximum absolute atomic E-state index is 11.3. The Kier molecular flexibility index (Phi) is 3.35. The molecule has 0 heterocycles. The fourth-order valence-electron chi connectivity index (χ4n) is 1.01. The Labute approximate surface area is 90.1 Å². The molecule has 0 bridgehead atoms. The van der Waals surface area contributed by atoms with E-state index in [4.69, 9.17) is 10.5 Å². The molecule has 0 aliphatic rings. The summed E-state index contributed by atoms with van der Waals surface area (Å²) in [6.45, 7) is 0. The standard InChI is InChI=1S/C9H10BrNO3/c1-13-8-3-5(9(12)14-2)6(10)4-7(8)11/h3-4H,11H2,1-2H3. The number of carbonyl (C=O) groups excluding carboxylic acids is 1. The molecule has 0 saturated heterocycles. The first-order valence-electron chi connectivity index (χ1n) is 3.81. The van der Waals surface area contributed by atoms with Crippen molar-refractivity contribution in [3.05, 3.63) is 22.2 Å². The maximum atomic E-state index is 11.3. The topological polar surface area (TPSA) is 61.5 Å². The van der Waals surface area contributed by atoms with Gasteiger partial charge in [-0.05, 0) is 28.1 Å². The molecular weight excluding hydrogens is 250 g/mol. The predicted molar refractivity (Wildman–Crippen MR) is 56.4 cm³/mol. The Morgan fingerprint density at radius 2 is 2.07 bits per heavy atom. The van der Waals surface area contributed by atoms with Crippen molar-refractivity contribution in [3.8, 4) is 5.75 Å².